The Hall–Kier alpha value is -1.10. The van der Waals surface area contributed by atoms with Gasteiger partial charge in [-0.15, -0.1) is 0 Å². The molecular weight excluding hydrogens is 232 g/mol. The first kappa shape index (κ1) is 16.9. The van der Waals surface area contributed by atoms with Crippen molar-refractivity contribution in [3.05, 3.63) is 0 Å². The number of carbonyl (C=O) groups is 2. The number of hydrogen-bond donors (Lipinski definition) is 3. The van der Waals surface area contributed by atoms with Crippen LogP contribution in [0.1, 0.15) is 40.5 Å². The van der Waals surface area contributed by atoms with Gasteiger partial charge in [-0.3, -0.25) is 9.59 Å². The number of aliphatic carboxylic acids is 1. The fourth-order valence-corrected chi connectivity index (χ4v) is 1.82. The molecule has 2 atom stereocenters. The van der Waals surface area contributed by atoms with E-state index >= 15 is 0 Å². The fraction of sp³-hybridized carbons (Fsp3) is 0.846. The summed E-state index contributed by atoms with van der Waals surface area (Å²) < 4.78 is 0. The second-order valence-corrected chi connectivity index (χ2v) is 5.61. The van der Waals surface area contributed by atoms with E-state index in [-0.39, 0.29) is 24.2 Å². The number of nitrogens with one attached hydrogen (secondary N) is 1. The molecule has 0 aliphatic carbocycles. The van der Waals surface area contributed by atoms with Crippen LogP contribution in [0.5, 0.6) is 0 Å². The van der Waals surface area contributed by atoms with Crippen LogP contribution >= 0.6 is 0 Å². The molecule has 106 valence electrons. The van der Waals surface area contributed by atoms with E-state index < -0.39 is 12.0 Å². The van der Waals surface area contributed by atoms with Crippen molar-refractivity contribution >= 4 is 11.9 Å². The standard InChI is InChI=1S/C13H26N2O3/c1-8(2)5-10(6-11(16)17)7-15-13(18)12(14)9(3)4/h8-10,12H,5-7,14H2,1-4H3,(H,15,18)(H,16,17)/t10-,12+/m0/s1. The topological polar surface area (TPSA) is 92.4 Å². The summed E-state index contributed by atoms with van der Waals surface area (Å²) in [5.41, 5.74) is 5.72. The molecule has 0 fully saturated rings. The van der Waals surface area contributed by atoms with Gasteiger partial charge in [-0.25, -0.2) is 0 Å². The first-order valence-corrected chi connectivity index (χ1v) is 6.49. The van der Waals surface area contributed by atoms with E-state index in [9.17, 15) is 9.59 Å². The van der Waals surface area contributed by atoms with Crippen LogP contribution in [0, 0.1) is 17.8 Å². The molecule has 0 aromatic heterocycles. The third-order valence-electron chi connectivity index (χ3n) is 2.85. The lowest BCUT2D eigenvalue weighted by molar-refractivity contribution is -0.138. The highest BCUT2D eigenvalue weighted by Gasteiger charge is 2.20. The first-order chi connectivity index (χ1) is 8.23. The van der Waals surface area contributed by atoms with Gasteiger partial charge in [-0.1, -0.05) is 27.7 Å². The Labute approximate surface area is 109 Å². The molecule has 0 aliphatic rings. The molecule has 1 amide bonds. The molecule has 0 bridgehead atoms. The minimum atomic E-state index is -0.831. The summed E-state index contributed by atoms with van der Waals surface area (Å²) in [4.78, 5) is 22.4. The molecule has 0 aromatic carbocycles. The molecule has 0 unspecified atom stereocenters. The van der Waals surface area contributed by atoms with Gasteiger partial charge >= 0.3 is 5.97 Å². The highest BCUT2D eigenvalue weighted by atomic mass is 16.4. The van der Waals surface area contributed by atoms with Crippen molar-refractivity contribution in [2.24, 2.45) is 23.5 Å². The highest BCUT2D eigenvalue weighted by Crippen LogP contribution is 2.14. The number of nitrogens with two attached hydrogens (primary N) is 1. The average molecular weight is 258 g/mol. The molecule has 0 saturated carbocycles. The lowest BCUT2D eigenvalue weighted by atomic mass is 9.94. The molecule has 5 nitrogen and oxygen atoms in total. The van der Waals surface area contributed by atoms with Crippen molar-refractivity contribution in [1.29, 1.82) is 0 Å². The van der Waals surface area contributed by atoms with Crippen LogP contribution in [0.4, 0.5) is 0 Å². The molecule has 0 spiro atoms. The number of carboxylic acids is 1. The van der Waals surface area contributed by atoms with E-state index in [2.05, 4.69) is 5.32 Å². The lowest BCUT2D eigenvalue weighted by Crippen LogP contribution is -2.45. The number of hydrogen-bond acceptors (Lipinski definition) is 3. The Balaban J connectivity index is 4.24. The minimum Gasteiger partial charge on any atom is -0.481 e. The van der Waals surface area contributed by atoms with Crippen LogP contribution in [0.15, 0.2) is 0 Å². The Kier molecular flexibility index (Phi) is 7.59. The maximum absolute atomic E-state index is 11.7. The molecule has 0 radical (unpaired) electrons. The maximum Gasteiger partial charge on any atom is 0.303 e. The van der Waals surface area contributed by atoms with Crippen LogP contribution in [0.2, 0.25) is 0 Å². The van der Waals surface area contributed by atoms with E-state index in [1.54, 1.807) is 0 Å². The van der Waals surface area contributed by atoms with Gasteiger partial charge in [0.15, 0.2) is 0 Å². The number of carbonyl (C=O) groups excluding carboxylic acids is 1. The SMILES string of the molecule is CC(C)C[C@H](CNC(=O)[C@H](N)C(C)C)CC(=O)O. The second-order valence-electron chi connectivity index (χ2n) is 5.61. The van der Waals surface area contributed by atoms with Crippen LogP contribution in [-0.2, 0) is 9.59 Å². The Morgan fingerprint density at radius 2 is 1.78 bits per heavy atom. The summed E-state index contributed by atoms with van der Waals surface area (Å²) in [5, 5.41) is 11.6. The maximum atomic E-state index is 11.7. The number of rotatable bonds is 8. The summed E-state index contributed by atoms with van der Waals surface area (Å²) in [6, 6.07) is -0.533. The van der Waals surface area contributed by atoms with Gasteiger partial charge in [-0.05, 0) is 24.2 Å². The number of amides is 1. The van der Waals surface area contributed by atoms with Crippen LogP contribution in [0.25, 0.3) is 0 Å². The molecule has 4 N–H and O–H groups in total. The van der Waals surface area contributed by atoms with E-state index in [0.717, 1.165) is 6.42 Å². The van der Waals surface area contributed by atoms with E-state index in [1.807, 2.05) is 27.7 Å². The van der Waals surface area contributed by atoms with Gasteiger partial charge in [-0.2, -0.15) is 0 Å². The molecule has 0 heterocycles. The van der Waals surface area contributed by atoms with Gasteiger partial charge in [0.05, 0.1) is 6.04 Å². The zero-order valence-electron chi connectivity index (χ0n) is 11.8. The summed E-state index contributed by atoms with van der Waals surface area (Å²) in [7, 11) is 0. The minimum absolute atomic E-state index is 0.0363. The molecule has 0 saturated heterocycles. The molecular formula is C13H26N2O3. The Morgan fingerprint density at radius 3 is 2.17 bits per heavy atom. The van der Waals surface area contributed by atoms with Gasteiger partial charge < -0.3 is 16.2 Å². The van der Waals surface area contributed by atoms with Crippen molar-refractivity contribution < 1.29 is 14.7 Å². The molecule has 5 heteroatoms. The average Bonchev–Trinajstić information content (AvgIpc) is 2.22. The summed E-state index contributed by atoms with van der Waals surface area (Å²) in [5.74, 6) is -0.587. The third kappa shape index (κ3) is 7.27. The van der Waals surface area contributed by atoms with Crippen LogP contribution in [0.3, 0.4) is 0 Å². The van der Waals surface area contributed by atoms with Gasteiger partial charge in [0, 0.05) is 13.0 Å². The zero-order valence-corrected chi connectivity index (χ0v) is 11.8. The Morgan fingerprint density at radius 1 is 1.22 bits per heavy atom. The van der Waals surface area contributed by atoms with Crippen molar-refractivity contribution in [2.75, 3.05) is 6.54 Å². The van der Waals surface area contributed by atoms with Gasteiger partial charge in [0.25, 0.3) is 0 Å². The molecule has 0 aromatic rings. The smallest absolute Gasteiger partial charge is 0.303 e. The van der Waals surface area contributed by atoms with Crippen molar-refractivity contribution in [3.8, 4) is 0 Å². The monoisotopic (exact) mass is 258 g/mol. The molecule has 18 heavy (non-hydrogen) atoms. The van der Waals surface area contributed by atoms with E-state index in [0.29, 0.717) is 12.5 Å². The van der Waals surface area contributed by atoms with Crippen molar-refractivity contribution in [2.45, 2.75) is 46.6 Å². The summed E-state index contributed by atoms with van der Waals surface area (Å²) >= 11 is 0. The number of carboxylic acid groups (broad SMARTS) is 1. The van der Waals surface area contributed by atoms with Gasteiger partial charge in [0.1, 0.15) is 0 Å². The normalized spacial score (nSPS) is 14.6. The zero-order chi connectivity index (χ0) is 14.3. The lowest BCUT2D eigenvalue weighted by Gasteiger charge is -2.20. The largest absolute Gasteiger partial charge is 0.481 e. The first-order valence-electron chi connectivity index (χ1n) is 6.49. The van der Waals surface area contributed by atoms with E-state index in [1.165, 1.54) is 0 Å². The Bertz CT molecular complexity index is 277. The van der Waals surface area contributed by atoms with Crippen LogP contribution in [-0.4, -0.2) is 29.6 Å². The molecule has 0 aliphatic heterocycles. The van der Waals surface area contributed by atoms with Crippen molar-refractivity contribution in [3.63, 3.8) is 0 Å². The highest BCUT2D eigenvalue weighted by molar-refractivity contribution is 5.81. The molecule has 0 rings (SSSR count). The van der Waals surface area contributed by atoms with Crippen molar-refractivity contribution in [1.82, 2.24) is 5.32 Å². The second kappa shape index (κ2) is 8.08. The summed E-state index contributed by atoms with van der Waals surface area (Å²) in [6.45, 7) is 8.22. The summed E-state index contributed by atoms with van der Waals surface area (Å²) in [6.07, 6.45) is 0.860. The van der Waals surface area contributed by atoms with Crippen LogP contribution < -0.4 is 11.1 Å². The fourth-order valence-electron chi connectivity index (χ4n) is 1.82. The third-order valence-corrected chi connectivity index (χ3v) is 2.85. The van der Waals surface area contributed by atoms with E-state index in [4.69, 9.17) is 10.8 Å². The van der Waals surface area contributed by atoms with Gasteiger partial charge in [0.2, 0.25) is 5.91 Å². The predicted octanol–water partition coefficient (Wildman–Crippen LogP) is 1.22. The quantitative estimate of drug-likeness (QED) is 0.610. The predicted molar refractivity (Wildman–Crippen MR) is 71.0 cm³/mol.